The summed E-state index contributed by atoms with van der Waals surface area (Å²) in [5.74, 6) is 0. The van der Waals surface area contributed by atoms with Gasteiger partial charge in [0.2, 0.25) is 0 Å². The molecule has 3 N–H and O–H groups in total. The number of nitrogens with two attached hydrogens (primary N) is 1. The van der Waals surface area contributed by atoms with Crippen LogP contribution in [0.4, 0.5) is 0 Å². The van der Waals surface area contributed by atoms with E-state index in [1.54, 1.807) is 0 Å². The van der Waals surface area contributed by atoms with Crippen molar-refractivity contribution in [1.82, 2.24) is 4.90 Å². The maximum atomic E-state index is 9.91. The molecule has 1 unspecified atom stereocenters. The number of nitrogens with zero attached hydrogens (tertiary/aromatic N) is 1. The smallest absolute Gasteiger partial charge is 0.0753 e. The molecule has 1 atom stereocenters. The molecule has 3 heteroatoms. The average Bonchev–Trinajstić information content (AvgIpc) is 2.31. The quantitative estimate of drug-likeness (QED) is 0.728. The Morgan fingerprint density at radius 2 is 1.94 bits per heavy atom. The Kier molecular flexibility index (Phi) is 5.73. The van der Waals surface area contributed by atoms with Gasteiger partial charge in [-0.2, -0.15) is 0 Å². The van der Waals surface area contributed by atoms with Crippen molar-refractivity contribution in [3.8, 4) is 0 Å². The van der Waals surface area contributed by atoms with Gasteiger partial charge in [0.25, 0.3) is 0 Å². The van der Waals surface area contributed by atoms with Gasteiger partial charge in [-0.25, -0.2) is 0 Å². The van der Waals surface area contributed by atoms with Crippen LogP contribution in [0.2, 0.25) is 0 Å². The van der Waals surface area contributed by atoms with E-state index in [9.17, 15) is 5.11 Å². The monoisotopic (exact) mass is 228 g/mol. The molecule has 16 heavy (non-hydrogen) atoms. The topological polar surface area (TPSA) is 49.5 Å². The molecule has 0 spiro atoms. The molecule has 1 aliphatic carbocycles. The van der Waals surface area contributed by atoms with E-state index >= 15 is 0 Å². The van der Waals surface area contributed by atoms with Gasteiger partial charge in [-0.05, 0) is 32.7 Å². The first-order valence-electron chi connectivity index (χ1n) is 6.75. The summed E-state index contributed by atoms with van der Waals surface area (Å²) in [4.78, 5) is 2.52. The molecule has 0 aromatic heterocycles. The standard InChI is InChI=1S/C13H28N2O/c1-3-15(10-9-13(2,16)11-14)12-7-5-4-6-8-12/h12,16H,3-11,14H2,1-2H3. The second kappa shape index (κ2) is 6.58. The second-order valence-electron chi connectivity index (χ2n) is 5.37. The predicted molar refractivity (Wildman–Crippen MR) is 68.4 cm³/mol. The third kappa shape index (κ3) is 4.40. The largest absolute Gasteiger partial charge is 0.389 e. The predicted octanol–water partition coefficient (Wildman–Crippen LogP) is 1.74. The van der Waals surface area contributed by atoms with Crippen molar-refractivity contribution in [3.63, 3.8) is 0 Å². The summed E-state index contributed by atoms with van der Waals surface area (Å²) in [5, 5.41) is 9.91. The molecule has 96 valence electrons. The minimum atomic E-state index is -0.692. The molecule has 0 aromatic rings. The molecule has 1 saturated carbocycles. The summed E-state index contributed by atoms with van der Waals surface area (Å²) < 4.78 is 0. The summed E-state index contributed by atoms with van der Waals surface area (Å²) in [6.07, 6.45) is 7.59. The van der Waals surface area contributed by atoms with Gasteiger partial charge in [0.15, 0.2) is 0 Å². The lowest BCUT2D eigenvalue weighted by Gasteiger charge is -2.35. The molecule has 0 amide bonds. The molecule has 1 aliphatic rings. The molecule has 0 saturated heterocycles. The highest BCUT2D eigenvalue weighted by Crippen LogP contribution is 2.23. The molecule has 0 aliphatic heterocycles. The summed E-state index contributed by atoms with van der Waals surface area (Å²) in [7, 11) is 0. The van der Waals surface area contributed by atoms with E-state index in [1.807, 2.05) is 6.92 Å². The van der Waals surface area contributed by atoms with E-state index in [4.69, 9.17) is 5.73 Å². The first-order chi connectivity index (χ1) is 7.59. The van der Waals surface area contributed by atoms with Crippen molar-refractivity contribution in [2.45, 2.75) is 64.0 Å². The highest BCUT2D eigenvalue weighted by Gasteiger charge is 2.23. The Hall–Kier alpha value is -0.120. The molecule has 0 heterocycles. The summed E-state index contributed by atoms with van der Waals surface area (Å²) >= 11 is 0. The van der Waals surface area contributed by atoms with Crippen LogP contribution >= 0.6 is 0 Å². The molecule has 1 rings (SSSR count). The first-order valence-corrected chi connectivity index (χ1v) is 6.75. The van der Waals surface area contributed by atoms with Crippen LogP contribution in [0.5, 0.6) is 0 Å². The lowest BCUT2D eigenvalue weighted by Crippen LogP contribution is -2.42. The Morgan fingerprint density at radius 3 is 2.44 bits per heavy atom. The minimum Gasteiger partial charge on any atom is -0.389 e. The lowest BCUT2D eigenvalue weighted by atomic mass is 9.93. The van der Waals surface area contributed by atoms with Crippen molar-refractivity contribution in [3.05, 3.63) is 0 Å². The van der Waals surface area contributed by atoms with E-state index in [2.05, 4.69) is 11.8 Å². The van der Waals surface area contributed by atoms with Crippen LogP contribution in [0.3, 0.4) is 0 Å². The fourth-order valence-corrected chi connectivity index (χ4v) is 2.53. The van der Waals surface area contributed by atoms with Gasteiger partial charge in [0.05, 0.1) is 5.60 Å². The van der Waals surface area contributed by atoms with Crippen molar-refractivity contribution in [2.75, 3.05) is 19.6 Å². The Morgan fingerprint density at radius 1 is 1.31 bits per heavy atom. The maximum absolute atomic E-state index is 9.91. The molecule has 0 radical (unpaired) electrons. The molecular formula is C13H28N2O. The van der Waals surface area contributed by atoms with Crippen LogP contribution in [0.1, 0.15) is 52.4 Å². The third-order valence-electron chi connectivity index (χ3n) is 3.87. The van der Waals surface area contributed by atoms with Crippen molar-refractivity contribution in [2.24, 2.45) is 5.73 Å². The number of rotatable bonds is 6. The van der Waals surface area contributed by atoms with E-state index in [-0.39, 0.29) is 0 Å². The normalized spacial score (nSPS) is 22.3. The zero-order chi connectivity index (χ0) is 12.0. The van der Waals surface area contributed by atoms with Crippen LogP contribution in [-0.4, -0.2) is 41.3 Å². The van der Waals surface area contributed by atoms with Crippen LogP contribution in [0, 0.1) is 0 Å². The van der Waals surface area contributed by atoms with Crippen LogP contribution in [-0.2, 0) is 0 Å². The van der Waals surface area contributed by atoms with E-state index in [0.29, 0.717) is 6.54 Å². The number of hydrogen-bond acceptors (Lipinski definition) is 3. The highest BCUT2D eigenvalue weighted by atomic mass is 16.3. The molecule has 0 bridgehead atoms. The molecule has 0 aromatic carbocycles. The highest BCUT2D eigenvalue weighted by molar-refractivity contribution is 4.79. The SMILES string of the molecule is CCN(CCC(C)(O)CN)C1CCCCC1. The summed E-state index contributed by atoms with van der Waals surface area (Å²) in [6.45, 7) is 6.47. The van der Waals surface area contributed by atoms with Crippen LogP contribution < -0.4 is 5.73 Å². The van der Waals surface area contributed by atoms with Gasteiger partial charge in [0, 0.05) is 19.1 Å². The van der Waals surface area contributed by atoms with E-state index in [1.165, 1.54) is 32.1 Å². The number of hydrogen-bond donors (Lipinski definition) is 2. The fraction of sp³-hybridized carbons (Fsp3) is 1.00. The average molecular weight is 228 g/mol. The van der Waals surface area contributed by atoms with Gasteiger partial charge >= 0.3 is 0 Å². The summed E-state index contributed by atoms with van der Waals surface area (Å²) in [6, 6.07) is 0.743. The first kappa shape index (κ1) is 13.9. The van der Waals surface area contributed by atoms with Crippen LogP contribution in [0.15, 0.2) is 0 Å². The third-order valence-corrected chi connectivity index (χ3v) is 3.87. The Bertz CT molecular complexity index is 188. The maximum Gasteiger partial charge on any atom is 0.0753 e. The van der Waals surface area contributed by atoms with Gasteiger partial charge < -0.3 is 15.7 Å². The van der Waals surface area contributed by atoms with Gasteiger partial charge in [-0.3, -0.25) is 0 Å². The minimum absolute atomic E-state index is 0.356. The fourth-order valence-electron chi connectivity index (χ4n) is 2.53. The zero-order valence-corrected chi connectivity index (χ0v) is 10.9. The van der Waals surface area contributed by atoms with Crippen molar-refractivity contribution in [1.29, 1.82) is 0 Å². The van der Waals surface area contributed by atoms with Crippen molar-refractivity contribution >= 4 is 0 Å². The second-order valence-corrected chi connectivity index (χ2v) is 5.37. The van der Waals surface area contributed by atoms with Gasteiger partial charge in [0.1, 0.15) is 0 Å². The lowest BCUT2D eigenvalue weighted by molar-refractivity contribution is 0.0391. The van der Waals surface area contributed by atoms with Crippen LogP contribution in [0.25, 0.3) is 0 Å². The van der Waals surface area contributed by atoms with Gasteiger partial charge in [-0.15, -0.1) is 0 Å². The number of aliphatic hydroxyl groups is 1. The Balaban J connectivity index is 2.36. The van der Waals surface area contributed by atoms with Crippen molar-refractivity contribution < 1.29 is 5.11 Å². The van der Waals surface area contributed by atoms with E-state index in [0.717, 1.165) is 25.6 Å². The molecule has 3 nitrogen and oxygen atoms in total. The zero-order valence-electron chi connectivity index (χ0n) is 10.9. The molecule has 1 fully saturated rings. The van der Waals surface area contributed by atoms with Gasteiger partial charge in [-0.1, -0.05) is 26.2 Å². The van der Waals surface area contributed by atoms with E-state index < -0.39 is 5.60 Å². The summed E-state index contributed by atoms with van der Waals surface area (Å²) in [5.41, 5.74) is 4.85. The molecular weight excluding hydrogens is 200 g/mol. The Labute approximate surface area is 100 Å².